The molecular weight excluding hydrogens is 282 g/mol. The van der Waals surface area contributed by atoms with Gasteiger partial charge in [-0.25, -0.2) is 9.97 Å². The summed E-state index contributed by atoms with van der Waals surface area (Å²) in [6, 6.07) is 8.03. The maximum atomic E-state index is 5.17. The van der Waals surface area contributed by atoms with Crippen molar-refractivity contribution in [2.75, 3.05) is 12.4 Å². The fourth-order valence-corrected chi connectivity index (χ4v) is 3.24. The summed E-state index contributed by atoms with van der Waals surface area (Å²) in [5, 5.41) is 4.54. The quantitative estimate of drug-likeness (QED) is 0.793. The van der Waals surface area contributed by atoms with E-state index in [1.165, 1.54) is 16.0 Å². The standard InChI is InChI=1S/C16H17N3OS/c1-10-11(2)21-16-14(10)15(18-9-19-16)17-8-12-4-6-13(20-3)7-5-12/h4-7,9H,8H2,1-3H3,(H,17,18,19). The molecule has 0 aliphatic carbocycles. The zero-order valence-corrected chi connectivity index (χ0v) is 13.1. The second kappa shape index (κ2) is 5.69. The van der Waals surface area contributed by atoms with Gasteiger partial charge in [0.1, 0.15) is 22.7 Å². The lowest BCUT2D eigenvalue weighted by atomic mass is 10.2. The fourth-order valence-electron chi connectivity index (χ4n) is 2.25. The van der Waals surface area contributed by atoms with Crippen molar-refractivity contribution in [2.45, 2.75) is 20.4 Å². The fraction of sp³-hybridized carbons (Fsp3) is 0.250. The van der Waals surface area contributed by atoms with Crippen LogP contribution in [0.2, 0.25) is 0 Å². The minimum atomic E-state index is 0.727. The van der Waals surface area contributed by atoms with Crippen molar-refractivity contribution in [1.29, 1.82) is 0 Å². The van der Waals surface area contributed by atoms with Crippen LogP contribution in [-0.4, -0.2) is 17.1 Å². The third-order valence-electron chi connectivity index (χ3n) is 3.58. The van der Waals surface area contributed by atoms with Crippen LogP contribution in [0.4, 0.5) is 5.82 Å². The van der Waals surface area contributed by atoms with Gasteiger partial charge in [0, 0.05) is 11.4 Å². The number of nitrogens with zero attached hydrogens (tertiary/aromatic N) is 2. The van der Waals surface area contributed by atoms with Gasteiger partial charge >= 0.3 is 0 Å². The number of ether oxygens (including phenoxy) is 1. The number of methoxy groups -OCH3 is 1. The van der Waals surface area contributed by atoms with Crippen LogP contribution in [0, 0.1) is 13.8 Å². The Hall–Kier alpha value is -2.14. The molecule has 0 unspecified atom stereocenters. The molecule has 0 bridgehead atoms. The van der Waals surface area contributed by atoms with Gasteiger partial charge in [-0.15, -0.1) is 11.3 Å². The molecule has 5 heteroatoms. The number of benzene rings is 1. The lowest BCUT2D eigenvalue weighted by Gasteiger charge is -2.08. The summed E-state index contributed by atoms with van der Waals surface area (Å²) in [6.45, 7) is 4.97. The molecule has 0 fully saturated rings. The first-order valence-electron chi connectivity index (χ1n) is 6.76. The Morgan fingerprint density at radius 1 is 1.14 bits per heavy atom. The number of hydrogen-bond donors (Lipinski definition) is 1. The first-order chi connectivity index (χ1) is 10.2. The molecular formula is C16H17N3OS. The van der Waals surface area contributed by atoms with Crippen LogP contribution in [0.5, 0.6) is 5.75 Å². The maximum absolute atomic E-state index is 5.17. The second-order valence-corrected chi connectivity index (χ2v) is 6.09. The van der Waals surface area contributed by atoms with E-state index in [1.54, 1.807) is 24.8 Å². The molecule has 0 amide bonds. The van der Waals surface area contributed by atoms with Crippen LogP contribution in [0.25, 0.3) is 10.2 Å². The number of nitrogens with one attached hydrogen (secondary N) is 1. The molecule has 3 aromatic rings. The molecule has 0 saturated heterocycles. The van der Waals surface area contributed by atoms with Crippen molar-refractivity contribution < 1.29 is 4.74 Å². The minimum Gasteiger partial charge on any atom is -0.497 e. The van der Waals surface area contributed by atoms with Crippen LogP contribution >= 0.6 is 11.3 Å². The number of hydrogen-bond acceptors (Lipinski definition) is 5. The van der Waals surface area contributed by atoms with Crippen molar-refractivity contribution in [3.63, 3.8) is 0 Å². The van der Waals surface area contributed by atoms with Crippen molar-refractivity contribution in [3.05, 3.63) is 46.6 Å². The van der Waals surface area contributed by atoms with Gasteiger partial charge in [0.25, 0.3) is 0 Å². The second-order valence-electron chi connectivity index (χ2n) is 4.89. The highest BCUT2D eigenvalue weighted by atomic mass is 32.1. The van der Waals surface area contributed by atoms with Crippen molar-refractivity contribution in [2.24, 2.45) is 0 Å². The van der Waals surface area contributed by atoms with Gasteiger partial charge in [-0.2, -0.15) is 0 Å². The highest BCUT2D eigenvalue weighted by Crippen LogP contribution is 2.32. The molecule has 21 heavy (non-hydrogen) atoms. The SMILES string of the molecule is COc1ccc(CNc2ncnc3sc(C)c(C)c23)cc1. The average Bonchev–Trinajstić information content (AvgIpc) is 2.81. The van der Waals surface area contributed by atoms with E-state index in [9.17, 15) is 0 Å². The van der Waals surface area contributed by atoms with E-state index in [2.05, 4.69) is 41.3 Å². The molecule has 0 atom stereocenters. The summed E-state index contributed by atoms with van der Waals surface area (Å²) in [6.07, 6.45) is 1.62. The molecule has 2 aromatic heterocycles. The first kappa shape index (κ1) is 13.8. The summed E-state index contributed by atoms with van der Waals surface area (Å²) >= 11 is 1.71. The average molecular weight is 299 g/mol. The highest BCUT2D eigenvalue weighted by molar-refractivity contribution is 7.18. The first-order valence-corrected chi connectivity index (χ1v) is 7.58. The van der Waals surface area contributed by atoms with Gasteiger partial charge in [0.2, 0.25) is 0 Å². The number of aromatic nitrogens is 2. The number of anilines is 1. The van der Waals surface area contributed by atoms with E-state index in [0.717, 1.165) is 28.3 Å². The number of thiophene rings is 1. The van der Waals surface area contributed by atoms with Gasteiger partial charge in [-0.1, -0.05) is 12.1 Å². The number of aryl methyl sites for hydroxylation is 2. The zero-order valence-electron chi connectivity index (χ0n) is 12.3. The van der Waals surface area contributed by atoms with Crippen LogP contribution in [0.15, 0.2) is 30.6 Å². The number of fused-ring (bicyclic) bond motifs is 1. The summed E-state index contributed by atoms with van der Waals surface area (Å²) in [5.74, 6) is 1.77. The Kier molecular flexibility index (Phi) is 3.75. The van der Waals surface area contributed by atoms with E-state index in [-0.39, 0.29) is 0 Å². The summed E-state index contributed by atoms with van der Waals surface area (Å²) in [4.78, 5) is 11.1. The Bertz CT molecular complexity index is 765. The van der Waals surface area contributed by atoms with Crippen molar-refractivity contribution in [3.8, 4) is 5.75 Å². The molecule has 3 rings (SSSR count). The lowest BCUT2D eigenvalue weighted by molar-refractivity contribution is 0.414. The third kappa shape index (κ3) is 2.69. The van der Waals surface area contributed by atoms with Crippen molar-refractivity contribution >= 4 is 27.4 Å². The summed E-state index contributed by atoms with van der Waals surface area (Å²) < 4.78 is 5.17. The Morgan fingerprint density at radius 2 is 1.90 bits per heavy atom. The Labute approximate surface area is 127 Å². The van der Waals surface area contributed by atoms with E-state index >= 15 is 0 Å². The molecule has 0 spiro atoms. The maximum Gasteiger partial charge on any atom is 0.138 e. The highest BCUT2D eigenvalue weighted by Gasteiger charge is 2.11. The van der Waals surface area contributed by atoms with Gasteiger partial charge < -0.3 is 10.1 Å². The van der Waals surface area contributed by atoms with Crippen LogP contribution in [-0.2, 0) is 6.54 Å². The molecule has 1 N–H and O–H groups in total. The molecule has 0 radical (unpaired) electrons. The van der Waals surface area contributed by atoms with Gasteiger partial charge in [-0.05, 0) is 37.1 Å². The largest absolute Gasteiger partial charge is 0.497 e. The molecule has 0 saturated carbocycles. The predicted molar refractivity (Wildman–Crippen MR) is 87.2 cm³/mol. The normalized spacial score (nSPS) is 10.8. The van der Waals surface area contributed by atoms with E-state index < -0.39 is 0 Å². The zero-order chi connectivity index (χ0) is 14.8. The van der Waals surface area contributed by atoms with Crippen LogP contribution < -0.4 is 10.1 Å². The van der Waals surface area contributed by atoms with Gasteiger partial charge in [0.05, 0.1) is 12.5 Å². The predicted octanol–water partition coefficient (Wildman–Crippen LogP) is 3.93. The molecule has 1 aromatic carbocycles. The molecule has 108 valence electrons. The van der Waals surface area contributed by atoms with E-state index in [0.29, 0.717) is 0 Å². The lowest BCUT2D eigenvalue weighted by Crippen LogP contribution is -2.02. The molecule has 2 heterocycles. The number of rotatable bonds is 4. The molecule has 4 nitrogen and oxygen atoms in total. The van der Waals surface area contributed by atoms with Crippen molar-refractivity contribution in [1.82, 2.24) is 9.97 Å². The van der Waals surface area contributed by atoms with E-state index in [4.69, 9.17) is 4.74 Å². The van der Waals surface area contributed by atoms with E-state index in [1.807, 2.05) is 12.1 Å². The third-order valence-corrected chi connectivity index (χ3v) is 4.70. The smallest absolute Gasteiger partial charge is 0.138 e. The van der Waals surface area contributed by atoms with Gasteiger partial charge in [-0.3, -0.25) is 0 Å². The van der Waals surface area contributed by atoms with Gasteiger partial charge in [0.15, 0.2) is 0 Å². The minimum absolute atomic E-state index is 0.727. The molecule has 0 aliphatic rings. The Morgan fingerprint density at radius 3 is 2.62 bits per heavy atom. The van der Waals surface area contributed by atoms with Crippen LogP contribution in [0.3, 0.4) is 0 Å². The molecule has 0 aliphatic heterocycles. The Balaban J connectivity index is 1.84. The topological polar surface area (TPSA) is 47.0 Å². The monoisotopic (exact) mass is 299 g/mol. The summed E-state index contributed by atoms with van der Waals surface area (Å²) in [5.41, 5.74) is 2.44. The summed E-state index contributed by atoms with van der Waals surface area (Å²) in [7, 11) is 1.67. The van der Waals surface area contributed by atoms with Crippen LogP contribution in [0.1, 0.15) is 16.0 Å².